The highest BCUT2D eigenvalue weighted by Gasteiger charge is 2.08. The first kappa shape index (κ1) is 12.4. The molecule has 0 radical (unpaired) electrons. The van der Waals surface area contributed by atoms with Crippen LogP contribution in [0.2, 0.25) is 5.15 Å². The quantitative estimate of drug-likeness (QED) is 0.779. The number of hydrogen-bond acceptors (Lipinski definition) is 3. The van der Waals surface area contributed by atoms with Gasteiger partial charge in [-0.3, -0.25) is 0 Å². The van der Waals surface area contributed by atoms with Crippen molar-refractivity contribution in [2.45, 2.75) is 26.7 Å². The maximum absolute atomic E-state index is 5.77. The lowest BCUT2D eigenvalue weighted by Crippen LogP contribution is -1.92. The van der Waals surface area contributed by atoms with Crippen molar-refractivity contribution in [1.82, 2.24) is 4.98 Å². The van der Waals surface area contributed by atoms with Crippen LogP contribution >= 0.6 is 22.9 Å². The SMILES string of the molecule is Cc1ccc(C(C)C)cc1Oc1nc(Cl)cs1. The number of aromatic nitrogens is 1. The maximum Gasteiger partial charge on any atom is 0.280 e. The molecule has 2 nitrogen and oxygen atoms in total. The molecule has 1 heterocycles. The number of aryl methyl sites for hydroxylation is 1. The number of nitrogens with zero attached hydrogens (tertiary/aromatic N) is 1. The number of ether oxygens (including phenoxy) is 1. The molecule has 0 saturated heterocycles. The Hall–Kier alpha value is -1.06. The summed E-state index contributed by atoms with van der Waals surface area (Å²) in [7, 11) is 0. The maximum atomic E-state index is 5.77. The molecule has 0 fully saturated rings. The Labute approximate surface area is 110 Å². The number of benzene rings is 1. The van der Waals surface area contributed by atoms with E-state index in [0.717, 1.165) is 11.3 Å². The summed E-state index contributed by atoms with van der Waals surface area (Å²) in [4.78, 5) is 4.08. The highest BCUT2D eigenvalue weighted by Crippen LogP contribution is 2.31. The lowest BCUT2D eigenvalue weighted by Gasteiger charge is -2.10. The van der Waals surface area contributed by atoms with E-state index in [0.29, 0.717) is 16.3 Å². The van der Waals surface area contributed by atoms with Crippen LogP contribution in [0.1, 0.15) is 30.9 Å². The number of rotatable bonds is 3. The fraction of sp³-hybridized carbons (Fsp3) is 0.308. The molecule has 0 aliphatic rings. The predicted octanol–water partition coefficient (Wildman–Crippen LogP) is 5.02. The number of hydrogen-bond donors (Lipinski definition) is 0. The summed E-state index contributed by atoms with van der Waals surface area (Å²) >= 11 is 7.17. The van der Waals surface area contributed by atoms with E-state index in [9.17, 15) is 0 Å². The van der Waals surface area contributed by atoms with Gasteiger partial charge in [0, 0.05) is 5.38 Å². The third-order valence-corrected chi connectivity index (χ3v) is 3.57. The van der Waals surface area contributed by atoms with E-state index in [2.05, 4.69) is 37.0 Å². The number of thiazole rings is 1. The lowest BCUT2D eigenvalue weighted by molar-refractivity contribution is 0.474. The fourth-order valence-corrected chi connectivity index (χ4v) is 2.27. The Morgan fingerprint density at radius 1 is 1.35 bits per heavy atom. The zero-order valence-electron chi connectivity index (χ0n) is 10.0. The van der Waals surface area contributed by atoms with Crippen molar-refractivity contribution in [2.75, 3.05) is 0 Å². The van der Waals surface area contributed by atoms with Crippen molar-refractivity contribution in [3.8, 4) is 10.9 Å². The highest BCUT2D eigenvalue weighted by atomic mass is 35.5. The molecule has 1 aromatic carbocycles. The van der Waals surface area contributed by atoms with E-state index in [1.54, 1.807) is 5.38 Å². The van der Waals surface area contributed by atoms with Gasteiger partial charge >= 0.3 is 0 Å². The van der Waals surface area contributed by atoms with Gasteiger partial charge in [-0.2, -0.15) is 4.98 Å². The van der Waals surface area contributed by atoms with Crippen molar-refractivity contribution >= 4 is 22.9 Å². The van der Waals surface area contributed by atoms with Crippen molar-refractivity contribution in [3.63, 3.8) is 0 Å². The highest BCUT2D eigenvalue weighted by molar-refractivity contribution is 7.11. The van der Waals surface area contributed by atoms with Gasteiger partial charge in [0.1, 0.15) is 10.9 Å². The van der Waals surface area contributed by atoms with Crippen LogP contribution in [0, 0.1) is 6.92 Å². The van der Waals surface area contributed by atoms with E-state index in [1.807, 2.05) is 6.92 Å². The van der Waals surface area contributed by atoms with Gasteiger partial charge in [-0.15, -0.1) is 0 Å². The van der Waals surface area contributed by atoms with Crippen LogP contribution in [-0.2, 0) is 0 Å². The van der Waals surface area contributed by atoms with E-state index in [1.165, 1.54) is 16.9 Å². The van der Waals surface area contributed by atoms with Crippen molar-refractivity contribution in [3.05, 3.63) is 39.9 Å². The standard InChI is InChI=1S/C13H14ClNOS/c1-8(2)10-5-4-9(3)11(6-10)16-13-15-12(14)7-17-13/h4-8H,1-3H3. The van der Waals surface area contributed by atoms with Gasteiger partial charge in [0.25, 0.3) is 5.19 Å². The molecule has 0 atom stereocenters. The van der Waals surface area contributed by atoms with Crippen LogP contribution in [0.25, 0.3) is 0 Å². The second kappa shape index (κ2) is 5.07. The summed E-state index contributed by atoms with van der Waals surface area (Å²) in [6.07, 6.45) is 0. The normalized spacial score (nSPS) is 10.9. The third kappa shape index (κ3) is 2.99. The van der Waals surface area contributed by atoms with Crippen molar-refractivity contribution < 1.29 is 4.74 Å². The molecule has 0 aliphatic carbocycles. The fourth-order valence-electron chi connectivity index (χ4n) is 1.47. The van der Waals surface area contributed by atoms with Gasteiger partial charge in [0.2, 0.25) is 0 Å². The molecule has 0 bridgehead atoms. The van der Waals surface area contributed by atoms with Gasteiger partial charge in [-0.1, -0.05) is 48.9 Å². The largest absolute Gasteiger partial charge is 0.431 e. The molecule has 0 unspecified atom stereocenters. The minimum Gasteiger partial charge on any atom is -0.431 e. The smallest absolute Gasteiger partial charge is 0.280 e. The van der Waals surface area contributed by atoms with E-state index >= 15 is 0 Å². The Morgan fingerprint density at radius 3 is 2.71 bits per heavy atom. The van der Waals surface area contributed by atoms with E-state index in [4.69, 9.17) is 16.3 Å². The Balaban J connectivity index is 2.28. The molecule has 4 heteroatoms. The van der Waals surface area contributed by atoms with Crippen LogP contribution in [0.3, 0.4) is 0 Å². The molecule has 0 spiro atoms. The monoisotopic (exact) mass is 267 g/mol. The second-order valence-electron chi connectivity index (χ2n) is 4.22. The topological polar surface area (TPSA) is 22.1 Å². The van der Waals surface area contributed by atoms with Crippen molar-refractivity contribution in [1.29, 1.82) is 0 Å². The first-order chi connectivity index (χ1) is 8.06. The van der Waals surface area contributed by atoms with E-state index < -0.39 is 0 Å². The molecule has 0 aliphatic heterocycles. The summed E-state index contributed by atoms with van der Waals surface area (Å²) < 4.78 is 5.74. The van der Waals surface area contributed by atoms with Gasteiger partial charge in [0.15, 0.2) is 0 Å². The Bertz CT molecular complexity index is 522. The molecule has 2 rings (SSSR count). The number of halogens is 1. The van der Waals surface area contributed by atoms with Crippen LogP contribution < -0.4 is 4.74 Å². The average Bonchev–Trinajstić information content (AvgIpc) is 2.67. The van der Waals surface area contributed by atoms with Crippen LogP contribution in [0.4, 0.5) is 0 Å². The molecule has 17 heavy (non-hydrogen) atoms. The molecular weight excluding hydrogens is 254 g/mol. The van der Waals surface area contributed by atoms with Gasteiger partial charge in [0.05, 0.1) is 0 Å². The third-order valence-electron chi connectivity index (χ3n) is 2.53. The molecule has 1 aromatic heterocycles. The van der Waals surface area contributed by atoms with Crippen LogP contribution in [0.5, 0.6) is 10.9 Å². The van der Waals surface area contributed by atoms with Gasteiger partial charge in [-0.05, 0) is 30.0 Å². The molecule has 0 saturated carbocycles. The van der Waals surface area contributed by atoms with E-state index in [-0.39, 0.29) is 0 Å². The molecule has 2 aromatic rings. The van der Waals surface area contributed by atoms with Gasteiger partial charge in [-0.25, -0.2) is 0 Å². The second-order valence-corrected chi connectivity index (χ2v) is 5.43. The Morgan fingerprint density at radius 2 is 2.12 bits per heavy atom. The minimum absolute atomic E-state index is 0.475. The molecule has 0 amide bonds. The zero-order chi connectivity index (χ0) is 12.4. The summed E-state index contributed by atoms with van der Waals surface area (Å²) in [5.74, 6) is 1.33. The van der Waals surface area contributed by atoms with Crippen LogP contribution in [0.15, 0.2) is 23.6 Å². The Kier molecular flexibility index (Phi) is 3.69. The van der Waals surface area contributed by atoms with Gasteiger partial charge < -0.3 is 4.74 Å². The summed E-state index contributed by atoms with van der Waals surface area (Å²) in [5.41, 5.74) is 2.36. The molecular formula is C13H14ClNOS. The zero-order valence-corrected chi connectivity index (χ0v) is 11.6. The summed E-state index contributed by atoms with van der Waals surface area (Å²) in [6.45, 7) is 6.35. The first-order valence-electron chi connectivity index (χ1n) is 5.45. The average molecular weight is 268 g/mol. The predicted molar refractivity (Wildman–Crippen MR) is 72.5 cm³/mol. The van der Waals surface area contributed by atoms with Crippen LogP contribution in [-0.4, -0.2) is 4.98 Å². The van der Waals surface area contributed by atoms with Crippen molar-refractivity contribution in [2.24, 2.45) is 0 Å². The minimum atomic E-state index is 0.475. The first-order valence-corrected chi connectivity index (χ1v) is 6.71. The molecule has 0 N–H and O–H groups in total. The summed E-state index contributed by atoms with van der Waals surface area (Å²) in [6, 6.07) is 6.26. The summed E-state index contributed by atoms with van der Waals surface area (Å²) in [5, 5.41) is 2.82. The molecule has 90 valence electrons. The lowest BCUT2D eigenvalue weighted by atomic mass is 10.0.